The maximum absolute atomic E-state index is 15.2. The Bertz CT molecular complexity index is 1430. The van der Waals surface area contributed by atoms with E-state index in [1.54, 1.807) is 27.7 Å². The summed E-state index contributed by atoms with van der Waals surface area (Å²) < 4.78 is 70.6. The number of ether oxygens (including phenoxy) is 3. The molecule has 3 rings (SSSR count). The number of pyridine rings is 2. The lowest BCUT2D eigenvalue weighted by Gasteiger charge is -2.28. The molecule has 42 heavy (non-hydrogen) atoms. The van der Waals surface area contributed by atoms with Crippen molar-refractivity contribution in [2.24, 2.45) is 5.92 Å². The fourth-order valence-corrected chi connectivity index (χ4v) is 4.01. The first-order valence-corrected chi connectivity index (χ1v) is 12.8. The van der Waals surface area contributed by atoms with Gasteiger partial charge in [0, 0.05) is 12.1 Å². The second kappa shape index (κ2) is 12.9. The van der Waals surface area contributed by atoms with E-state index in [0.29, 0.717) is 11.3 Å². The van der Waals surface area contributed by atoms with E-state index >= 15 is 4.39 Å². The van der Waals surface area contributed by atoms with Gasteiger partial charge in [0.05, 0.1) is 43.5 Å². The summed E-state index contributed by atoms with van der Waals surface area (Å²) in [5.74, 6) is -1.93. The van der Waals surface area contributed by atoms with Gasteiger partial charge in [-0.1, -0.05) is 19.1 Å². The number of nitrogens with zero attached hydrogens (tertiary/aromatic N) is 3. The van der Waals surface area contributed by atoms with Crippen LogP contribution in [0, 0.1) is 23.1 Å². The van der Waals surface area contributed by atoms with E-state index in [9.17, 15) is 23.2 Å². The van der Waals surface area contributed by atoms with E-state index in [2.05, 4.69) is 20.6 Å². The molecule has 9 nitrogen and oxygen atoms in total. The minimum absolute atomic E-state index is 0.0253. The zero-order chi connectivity index (χ0) is 31.2. The number of nitriles is 1. The SMILES string of the molecule is COc1cc(Nc2nc(N[C@H](c3ccc(C(F)(F)F)cc3)[C@H](C)CC(=O)OC(C)(C)C)c(F)cc2C#N)cc(OC)n1. The van der Waals surface area contributed by atoms with Gasteiger partial charge in [-0.2, -0.15) is 23.4 Å². The predicted octanol–water partition coefficient (Wildman–Crippen LogP) is 6.79. The number of methoxy groups -OCH3 is 2. The predicted molar refractivity (Wildman–Crippen MR) is 147 cm³/mol. The van der Waals surface area contributed by atoms with E-state index in [4.69, 9.17) is 14.2 Å². The van der Waals surface area contributed by atoms with Gasteiger partial charge in [0.15, 0.2) is 17.5 Å². The van der Waals surface area contributed by atoms with E-state index in [1.165, 1.54) is 38.5 Å². The van der Waals surface area contributed by atoms with Crippen molar-refractivity contribution in [2.75, 3.05) is 24.9 Å². The molecule has 1 aromatic carbocycles. The third-order valence-corrected chi connectivity index (χ3v) is 5.92. The number of carbonyl (C=O) groups excluding carboxylic acids is 1. The summed E-state index contributed by atoms with van der Waals surface area (Å²) in [6.07, 6.45) is -4.68. The van der Waals surface area contributed by atoms with Crippen molar-refractivity contribution in [1.29, 1.82) is 5.26 Å². The topological polar surface area (TPSA) is 118 Å². The molecular formula is C29H31F4N5O4. The minimum Gasteiger partial charge on any atom is -0.481 e. The molecule has 224 valence electrons. The van der Waals surface area contributed by atoms with Gasteiger partial charge in [-0.15, -0.1) is 0 Å². The monoisotopic (exact) mass is 589 g/mol. The Morgan fingerprint density at radius 3 is 2.10 bits per heavy atom. The lowest BCUT2D eigenvalue weighted by Crippen LogP contribution is -2.28. The number of halogens is 4. The number of esters is 1. The summed E-state index contributed by atoms with van der Waals surface area (Å²) in [5, 5.41) is 15.5. The number of alkyl halides is 3. The van der Waals surface area contributed by atoms with Crippen LogP contribution in [0.5, 0.6) is 11.8 Å². The van der Waals surface area contributed by atoms with Crippen molar-refractivity contribution in [3.8, 4) is 17.8 Å². The van der Waals surface area contributed by atoms with Crippen molar-refractivity contribution in [3.63, 3.8) is 0 Å². The third-order valence-electron chi connectivity index (χ3n) is 5.92. The molecule has 0 radical (unpaired) electrons. The summed E-state index contributed by atoms with van der Waals surface area (Å²) in [6.45, 7) is 6.80. The van der Waals surface area contributed by atoms with Crippen molar-refractivity contribution < 1.29 is 36.6 Å². The van der Waals surface area contributed by atoms with Crippen molar-refractivity contribution >= 4 is 23.3 Å². The van der Waals surface area contributed by atoms with Crippen LogP contribution in [0.4, 0.5) is 34.9 Å². The number of hydrogen-bond acceptors (Lipinski definition) is 9. The first-order chi connectivity index (χ1) is 19.6. The van der Waals surface area contributed by atoms with Gasteiger partial charge < -0.3 is 24.8 Å². The fourth-order valence-electron chi connectivity index (χ4n) is 4.01. The van der Waals surface area contributed by atoms with Crippen LogP contribution in [0.25, 0.3) is 0 Å². The molecule has 3 aromatic rings. The van der Waals surface area contributed by atoms with Crippen molar-refractivity contribution in [3.05, 3.63) is 65.0 Å². The molecule has 2 atom stereocenters. The highest BCUT2D eigenvalue weighted by molar-refractivity contribution is 5.70. The second-order valence-corrected chi connectivity index (χ2v) is 10.4. The van der Waals surface area contributed by atoms with E-state index in [-0.39, 0.29) is 35.4 Å². The molecule has 0 aliphatic rings. The average molecular weight is 590 g/mol. The maximum Gasteiger partial charge on any atom is 0.416 e. The Morgan fingerprint density at radius 1 is 1.00 bits per heavy atom. The first kappa shape index (κ1) is 31.9. The van der Waals surface area contributed by atoms with Crippen LogP contribution in [-0.2, 0) is 15.7 Å². The van der Waals surface area contributed by atoms with Crippen LogP contribution in [-0.4, -0.2) is 35.8 Å². The van der Waals surface area contributed by atoms with Crippen LogP contribution in [0.2, 0.25) is 0 Å². The quantitative estimate of drug-likeness (QED) is 0.195. The third kappa shape index (κ3) is 8.45. The van der Waals surface area contributed by atoms with E-state index < -0.39 is 41.1 Å². The average Bonchev–Trinajstić information content (AvgIpc) is 2.91. The van der Waals surface area contributed by atoms with Gasteiger partial charge in [-0.05, 0) is 50.5 Å². The Labute approximate surface area is 240 Å². The van der Waals surface area contributed by atoms with Gasteiger partial charge in [0.1, 0.15) is 11.7 Å². The molecule has 0 aliphatic heterocycles. The number of hydrogen-bond donors (Lipinski definition) is 2. The van der Waals surface area contributed by atoms with Crippen LogP contribution in [0.1, 0.15) is 56.8 Å². The summed E-state index contributed by atoms with van der Waals surface area (Å²) in [6, 6.07) is 9.31. The molecule has 2 heterocycles. The van der Waals surface area contributed by atoms with Crippen LogP contribution < -0.4 is 20.1 Å². The molecule has 13 heteroatoms. The van der Waals surface area contributed by atoms with Crippen LogP contribution >= 0.6 is 0 Å². The molecule has 2 N–H and O–H groups in total. The molecule has 0 fully saturated rings. The lowest BCUT2D eigenvalue weighted by atomic mass is 9.91. The number of benzene rings is 1. The summed E-state index contributed by atoms with van der Waals surface area (Å²) in [7, 11) is 2.81. The standard InChI is InChI=1S/C29H31F4N5O4/c1-16(11-24(39)42-28(2,3)4)25(17-7-9-19(10-8-17)29(31,32)33)37-27-21(30)12-18(15-34)26(38-27)35-20-13-22(40-5)36-23(14-20)41-6/h7-10,12-14,16,25H,11H2,1-6H3,(H2,35,36,37,38)/t16-,25+/m1/s1. The summed E-state index contributed by atoms with van der Waals surface area (Å²) >= 11 is 0. The smallest absolute Gasteiger partial charge is 0.416 e. The van der Waals surface area contributed by atoms with Crippen LogP contribution in [0.3, 0.4) is 0 Å². The van der Waals surface area contributed by atoms with E-state index in [1.807, 2.05) is 6.07 Å². The fraction of sp³-hybridized carbons (Fsp3) is 0.379. The van der Waals surface area contributed by atoms with Crippen molar-refractivity contribution in [2.45, 2.75) is 51.9 Å². The molecule has 0 amide bonds. The largest absolute Gasteiger partial charge is 0.481 e. The zero-order valence-corrected chi connectivity index (χ0v) is 23.9. The van der Waals surface area contributed by atoms with Gasteiger partial charge in [-0.25, -0.2) is 9.37 Å². The second-order valence-electron chi connectivity index (χ2n) is 10.4. The van der Waals surface area contributed by atoms with E-state index in [0.717, 1.165) is 18.2 Å². The number of aromatic nitrogens is 2. The zero-order valence-electron chi connectivity index (χ0n) is 23.9. The molecule has 0 bridgehead atoms. The molecular weight excluding hydrogens is 558 g/mol. The van der Waals surface area contributed by atoms with Gasteiger partial charge in [0.25, 0.3) is 0 Å². The molecule has 0 saturated heterocycles. The number of carbonyl (C=O) groups is 1. The summed E-state index contributed by atoms with van der Waals surface area (Å²) in [4.78, 5) is 21.0. The van der Waals surface area contributed by atoms with Gasteiger partial charge in [0.2, 0.25) is 11.8 Å². The summed E-state index contributed by atoms with van der Waals surface area (Å²) in [5.41, 5.74) is -1.02. The first-order valence-electron chi connectivity index (χ1n) is 12.8. The molecule has 0 saturated carbocycles. The Kier molecular flexibility index (Phi) is 9.83. The lowest BCUT2D eigenvalue weighted by molar-refractivity contribution is -0.156. The normalized spacial score (nSPS) is 13.0. The highest BCUT2D eigenvalue weighted by Gasteiger charge is 2.31. The van der Waals surface area contributed by atoms with Crippen molar-refractivity contribution in [1.82, 2.24) is 9.97 Å². The molecule has 0 unspecified atom stereocenters. The van der Waals surface area contributed by atoms with Crippen LogP contribution in [0.15, 0.2) is 42.5 Å². The molecule has 0 aliphatic carbocycles. The molecule has 2 aromatic heterocycles. The minimum atomic E-state index is -4.55. The number of rotatable bonds is 10. The Morgan fingerprint density at radius 2 is 1.60 bits per heavy atom. The highest BCUT2D eigenvalue weighted by Crippen LogP contribution is 2.35. The number of nitrogens with one attached hydrogen (secondary N) is 2. The Balaban J connectivity index is 2.02. The Hall–Kier alpha value is -4.60. The highest BCUT2D eigenvalue weighted by atomic mass is 19.4. The van der Waals surface area contributed by atoms with Gasteiger partial charge in [-0.3, -0.25) is 4.79 Å². The van der Waals surface area contributed by atoms with Gasteiger partial charge >= 0.3 is 12.1 Å². The molecule has 0 spiro atoms. The maximum atomic E-state index is 15.2. The number of anilines is 3.